The summed E-state index contributed by atoms with van der Waals surface area (Å²) < 4.78 is 26.2. The highest BCUT2D eigenvalue weighted by Crippen LogP contribution is 2.35. The number of hydrogen-bond donors (Lipinski definition) is 2. The molecule has 0 saturated carbocycles. The Morgan fingerprint density at radius 1 is 0.574 bits per heavy atom. The third kappa shape index (κ3) is 36.4. The minimum absolute atomic E-state index is 0.171. The first-order valence-corrected chi connectivity index (χ1v) is 19.6. The van der Waals surface area contributed by atoms with Crippen LogP contribution >= 0.6 is 7.82 Å². The van der Waals surface area contributed by atoms with Crippen LogP contribution in [-0.4, -0.2) is 41.0 Å². The van der Waals surface area contributed by atoms with Gasteiger partial charge in [-0.2, -0.15) is 0 Å². The number of rotatable bonds is 32. The lowest BCUT2D eigenvalue weighted by molar-refractivity contribution is -0.161. The first kappa shape index (κ1) is 44.8. The van der Waals surface area contributed by atoms with E-state index in [1.165, 1.54) is 32.1 Å². The van der Waals surface area contributed by atoms with Gasteiger partial charge in [0.25, 0.3) is 0 Å². The fraction of sp³-hybridized carbons (Fsp3) is 0.684. The Kier molecular flexibility index (Phi) is 32.0. The second kappa shape index (κ2) is 33.6. The summed E-state index contributed by atoms with van der Waals surface area (Å²) >= 11 is 0. The molecule has 9 heteroatoms. The number of carbonyl (C=O) groups excluding carboxylic acids is 2. The number of allylic oxidation sites excluding steroid dienone is 10. The average molecular weight is 681 g/mol. The van der Waals surface area contributed by atoms with Crippen LogP contribution in [0.3, 0.4) is 0 Å². The highest BCUT2D eigenvalue weighted by atomic mass is 31.2. The van der Waals surface area contributed by atoms with Crippen LogP contribution in [0.25, 0.3) is 0 Å². The summed E-state index contributed by atoms with van der Waals surface area (Å²) in [4.78, 5) is 42.6. The SMILES string of the molecule is CC/C=C\C/C=C\C/C=C\CCCCCC(=O)OC(COC(=O)CCCCCCC/C=C\C/C=C\CCCCCC)COP(=O)(O)O. The number of unbranched alkanes of at least 4 members (excludes halogenated alkanes) is 12. The van der Waals surface area contributed by atoms with Gasteiger partial charge in [0.2, 0.25) is 0 Å². The van der Waals surface area contributed by atoms with E-state index in [4.69, 9.17) is 19.3 Å². The zero-order valence-corrected chi connectivity index (χ0v) is 30.3. The standard InChI is InChI=1S/C38H65O8P/c1-3-5-7-9-11-13-15-17-18-19-21-22-24-26-28-30-32-37(39)44-34-36(35-45-47(41,42)43)46-38(40)33-31-29-27-25-23-20-16-14-12-10-8-6-4-2/h6,8,12-15,18-20,23,36H,3-5,7,9-11,16-17,21-22,24-35H2,1-2H3,(H2,41,42,43)/b8-6-,14-12-,15-13-,19-18-,23-20-. The van der Waals surface area contributed by atoms with E-state index in [1.54, 1.807) is 0 Å². The van der Waals surface area contributed by atoms with Gasteiger partial charge in [0.15, 0.2) is 6.10 Å². The molecule has 0 fully saturated rings. The van der Waals surface area contributed by atoms with E-state index in [9.17, 15) is 14.2 Å². The second-order valence-electron chi connectivity index (χ2n) is 11.8. The number of phosphoric ester groups is 1. The molecule has 2 N–H and O–H groups in total. The molecule has 0 rings (SSSR count). The maximum atomic E-state index is 12.3. The van der Waals surface area contributed by atoms with E-state index in [1.807, 2.05) is 0 Å². The van der Waals surface area contributed by atoms with E-state index in [-0.39, 0.29) is 19.4 Å². The van der Waals surface area contributed by atoms with Gasteiger partial charge < -0.3 is 19.3 Å². The van der Waals surface area contributed by atoms with E-state index < -0.39 is 32.5 Å². The van der Waals surface area contributed by atoms with Gasteiger partial charge in [-0.15, -0.1) is 0 Å². The molecule has 0 heterocycles. The Hall–Kier alpha value is -2.25. The van der Waals surface area contributed by atoms with Crippen LogP contribution in [-0.2, 0) is 28.2 Å². The predicted octanol–water partition coefficient (Wildman–Crippen LogP) is 10.6. The van der Waals surface area contributed by atoms with Crippen molar-refractivity contribution in [1.29, 1.82) is 0 Å². The normalized spacial score (nSPS) is 13.2. The number of carbonyl (C=O) groups is 2. The highest BCUT2D eigenvalue weighted by molar-refractivity contribution is 7.46. The molecule has 0 aliphatic heterocycles. The Balaban J connectivity index is 4.06. The summed E-state index contributed by atoms with van der Waals surface area (Å²) in [6, 6.07) is 0. The van der Waals surface area contributed by atoms with E-state index >= 15 is 0 Å². The lowest BCUT2D eigenvalue weighted by atomic mass is 10.1. The van der Waals surface area contributed by atoms with Crippen LogP contribution in [0, 0.1) is 0 Å². The molecule has 47 heavy (non-hydrogen) atoms. The molecule has 0 aliphatic carbocycles. The first-order valence-electron chi connectivity index (χ1n) is 18.1. The van der Waals surface area contributed by atoms with Crippen molar-refractivity contribution in [3.05, 3.63) is 60.8 Å². The van der Waals surface area contributed by atoms with Crippen molar-refractivity contribution < 1.29 is 37.9 Å². The molecule has 0 radical (unpaired) electrons. The summed E-state index contributed by atoms with van der Waals surface area (Å²) in [5, 5.41) is 0. The van der Waals surface area contributed by atoms with Crippen LogP contribution in [0.1, 0.15) is 149 Å². The van der Waals surface area contributed by atoms with E-state index in [0.717, 1.165) is 77.0 Å². The monoisotopic (exact) mass is 680 g/mol. The van der Waals surface area contributed by atoms with Crippen LogP contribution in [0.5, 0.6) is 0 Å². The molecule has 0 bridgehead atoms. The van der Waals surface area contributed by atoms with Gasteiger partial charge >= 0.3 is 19.8 Å². The third-order valence-electron chi connectivity index (χ3n) is 7.27. The summed E-state index contributed by atoms with van der Waals surface area (Å²) in [5.74, 6) is -0.942. The van der Waals surface area contributed by atoms with E-state index in [2.05, 4.69) is 79.1 Å². The number of hydrogen-bond acceptors (Lipinski definition) is 6. The molecule has 1 atom stereocenters. The van der Waals surface area contributed by atoms with Gasteiger partial charge in [0.05, 0.1) is 6.61 Å². The van der Waals surface area contributed by atoms with Crippen molar-refractivity contribution in [2.24, 2.45) is 0 Å². The molecule has 0 aromatic heterocycles. The minimum Gasteiger partial charge on any atom is -0.462 e. The van der Waals surface area contributed by atoms with Crippen molar-refractivity contribution in [2.45, 2.75) is 155 Å². The largest absolute Gasteiger partial charge is 0.469 e. The molecule has 0 aromatic rings. The molecule has 0 aromatic carbocycles. The number of esters is 2. The van der Waals surface area contributed by atoms with Gasteiger partial charge in [-0.25, -0.2) is 4.57 Å². The summed E-state index contributed by atoms with van der Waals surface area (Å²) in [7, 11) is -4.76. The zero-order chi connectivity index (χ0) is 34.7. The van der Waals surface area contributed by atoms with Crippen LogP contribution in [0.15, 0.2) is 60.8 Å². The Morgan fingerprint density at radius 2 is 1.02 bits per heavy atom. The van der Waals surface area contributed by atoms with Crippen molar-refractivity contribution >= 4 is 19.8 Å². The lowest BCUT2D eigenvalue weighted by Crippen LogP contribution is -2.29. The van der Waals surface area contributed by atoms with Gasteiger partial charge in [-0.1, -0.05) is 120 Å². The third-order valence-corrected chi connectivity index (χ3v) is 7.76. The van der Waals surface area contributed by atoms with Crippen molar-refractivity contribution in [3.8, 4) is 0 Å². The van der Waals surface area contributed by atoms with Gasteiger partial charge in [-0.3, -0.25) is 14.1 Å². The van der Waals surface area contributed by atoms with Gasteiger partial charge in [0.1, 0.15) is 6.61 Å². The predicted molar refractivity (Wildman–Crippen MR) is 193 cm³/mol. The first-order chi connectivity index (χ1) is 22.8. The molecule has 1 unspecified atom stereocenters. The van der Waals surface area contributed by atoms with Crippen molar-refractivity contribution in [1.82, 2.24) is 0 Å². The van der Waals surface area contributed by atoms with Crippen molar-refractivity contribution in [2.75, 3.05) is 13.2 Å². The van der Waals surface area contributed by atoms with Crippen LogP contribution in [0.4, 0.5) is 0 Å². The molecule has 0 amide bonds. The lowest BCUT2D eigenvalue weighted by Gasteiger charge is -2.18. The Bertz CT molecular complexity index is 947. The van der Waals surface area contributed by atoms with Crippen LogP contribution < -0.4 is 0 Å². The second-order valence-corrected chi connectivity index (χ2v) is 13.0. The smallest absolute Gasteiger partial charge is 0.462 e. The molecular formula is C38H65O8P. The minimum atomic E-state index is -4.76. The molecule has 8 nitrogen and oxygen atoms in total. The molecule has 0 spiro atoms. The van der Waals surface area contributed by atoms with E-state index in [0.29, 0.717) is 12.8 Å². The average Bonchev–Trinajstić information content (AvgIpc) is 3.03. The summed E-state index contributed by atoms with van der Waals surface area (Å²) in [6.07, 6.45) is 40.9. The Morgan fingerprint density at radius 3 is 1.55 bits per heavy atom. The molecule has 0 aliphatic rings. The topological polar surface area (TPSA) is 119 Å². The quantitative estimate of drug-likeness (QED) is 0.0312. The summed E-state index contributed by atoms with van der Waals surface area (Å²) in [6.45, 7) is 3.49. The number of ether oxygens (including phenoxy) is 2. The number of phosphoric acid groups is 1. The zero-order valence-electron chi connectivity index (χ0n) is 29.4. The molecule has 270 valence electrons. The fourth-order valence-electron chi connectivity index (χ4n) is 4.59. The fourth-order valence-corrected chi connectivity index (χ4v) is 4.95. The molecular weight excluding hydrogens is 615 g/mol. The van der Waals surface area contributed by atoms with Gasteiger partial charge in [0, 0.05) is 12.8 Å². The summed E-state index contributed by atoms with van der Waals surface area (Å²) in [5.41, 5.74) is 0. The van der Waals surface area contributed by atoms with Crippen LogP contribution in [0.2, 0.25) is 0 Å². The molecule has 0 saturated heterocycles. The van der Waals surface area contributed by atoms with Gasteiger partial charge in [-0.05, 0) is 77.0 Å². The maximum absolute atomic E-state index is 12.3. The van der Waals surface area contributed by atoms with Crippen molar-refractivity contribution in [3.63, 3.8) is 0 Å². The highest BCUT2D eigenvalue weighted by Gasteiger charge is 2.22. The Labute approximate surface area is 286 Å². The maximum Gasteiger partial charge on any atom is 0.469 e.